The van der Waals surface area contributed by atoms with Crippen LogP contribution in [0, 0.1) is 6.92 Å². The average Bonchev–Trinajstić information content (AvgIpc) is 3.31. The van der Waals surface area contributed by atoms with Gasteiger partial charge in [0.05, 0.1) is 35.6 Å². The van der Waals surface area contributed by atoms with E-state index in [1.807, 2.05) is 67.9 Å². The number of fused-ring (bicyclic) bond motifs is 1. The number of alkyl carbamates (subject to hydrolysis) is 1. The summed E-state index contributed by atoms with van der Waals surface area (Å²) in [6.45, 7) is 9.44. The fourth-order valence-electron chi connectivity index (χ4n) is 4.60. The SMILES string of the molecule is COC(=O)c1cc(-c2cc([C@@H](C)NC(=O)c3cc(CNC(=O)OC(C)(C)C)ccc3C)c3ccccc3n2)n(C)c1. The van der Waals surface area contributed by atoms with Crippen LogP contribution in [0.4, 0.5) is 4.79 Å². The van der Waals surface area contributed by atoms with Crippen LogP contribution < -0.4 is 10.6 Å². The van der Waals surface area contributed by atoms with Crippen LogP contribution in [-0.4, -0.2) is 40.2 Å². The highest BCUT2D eigenvalue weighted by Crippen LogP contribution is 2.30. The summed E-state index contributed by atoms with van der Waals surface area (Å²) in [6.07, 6.45) is 1.19. The van der Waals surface area contributed by atoms with Crippen molar-refractivity contribution in [2.45, 2.75) is 52.8 Å². The molecular formula is C32H36N4O5. The lowest BCUT2D eigenvalue weighted by Crippen LogP contribution is -2.32. The van der Waals surface area contributed by atoms with Crippen molar-refractivity contribution in [1.82, 2.24) is 20.2 Å². The van der Waals surface area contributed by atoms with Crippen LogP contribution in [0.15, 0.2) is 60.8 Å². The average molecular weight is 557 g/mol. The summed E-state index contributed by atoms with van der Waals surface area (Å²) in [5, 5.41) is 6.79. The van der Waals surface area contributed by atoms with Crippen molar-refractivity contribution in [2.75, 3.05) is 7.11 Å². The molecule has 0 spiro atoms. The number of pyridine rings is 1. The van der Waals surface area contributed by atoms with Crippen molar-refractivity contribution in [2.24, 2.45) is 7.05 Å². The maximum Gasteiger partial charge on any atom is 0.407 e. The first-order valence-corrected chi connectivity index (χ1v) is 13.4. The second-order valence-electron chi connectivity index (χ2n) is 11.0. The molecule has 0 aliphatic heterocycles. The zero-order valence-corrected chi connectivity index (χ0v) is 24.5. The predicted octanol–water partition coefficient (Wildman–Crippen LogP) is 5.85. The van der Waals surface area contributed by atoms with Crippen molar-refractivity contribution < 1.29 is 23.9 Å². The summed E-state index contributed by atoms with van der Waals surface area (Å²) in [4.78, 5) is 42.5. The van der Waals surface area contributed by atoms with Gasteiger partial charge in [-0.1, -0.05) is 30.3 Å². The number of amides is 2. The zero-order valence-electron chi connectivity index (χ0n) is 24.5. The van der Waals surface area contributed by atoms with Crippen LogP contribution in [0.25, 0.3) is 22.3 Å². The third-order valence-electron chi connectivity index (χ3n) is 6.63. The van der Waals surface area contributed by atoms with Gasteiger partial charge in [-0.3, -0.25) is 4.79 Å². The Morgan fingerprint density at radius 1 is 1.05 bits per heavy atom. The molecule has 4 aromatic rings. The second-order valence-corrected chi connectivity index (χ2v) is 11.0. The van der Waals surface area contributed by atoms with Crippen LogP contribution in [0.2, 0.25) is 0 Å². The minimum atomic E-state index is -0.598. The molecular weight excluding hydrogens is 520 g/mol. The first-order valence-electron chi connectivity index (χ1n) is 13.4. The van der Waals surface area contributed by atoms with E-state index in [0.717, 1.165) is 33.3 Å². The Bertz CT molecular complexity index is 1620. The predicted molar refractivity (Wildman–Crippen MR) is 158 cm³/mol. The van der Waals surface area contributed by atoms with Gasteiger partial charge in [-0.05, 0) is 75.6 Å². The zero-order chi connectivity index (χ0) is 29.9. The Kier molecular flexibility index (Phi) is 8.47. The van der Waals surface area contributed by atoms with Gasteiger partial charge >= 0.3 is 12.1 Å². The number of carbonyl (C=O) groups excluding carboxylic acids is 3. The summed E-state index contributed by atoms with van der Waals surface area (Å²) in [7, 11) is 3.19. The van der Waals surface area contributed by atoms with Crippen molar-refractivity contribution >= 4 is 28.9 Å². The molecule has 2 aromatic heterocycles. The number of para-hydroxylation sites is 1. The number of aromatic nitrogens is 2. The Morgan fingerprint density at radius 3 is 2.49 bits per heavy atom. The first kappa shape index (κ1) is 29.3. The molecule has 0 saturated heterocycles. The third-order valence-corrected chi connectivity index (χ3v) is 6.63. The number of ether oxygens (including phenoxy) is 2. The number of esters is 1. The van der Waals surface area contributed by atoms with E-state index in [9.17, 15) is 14.4 Å². The summed E-state index contributed by atoms with van der Waals surface area (Å²) in [5.74, 6) is -0.657. The number of rotatable bonds is 7. The lowest BCUT2D eigenvalue weighted by atomic mass is 9.99. The van der Waals surface area contributed by atoms with Crippen molar-refractivity contribution in [3.8, 4) is 11.4 Å². The minimum Gasteiger partial charge on any atom is -0.465 e. The van der Waals surface area contributed by atoms with Gasteiger partial charge in [-0.15, -0.1) is 0 Å². The molecule has 0 fully saturated rings. The monoisotopic (exact) mass is 556 g/mol. The summed E-state index contributed by atoms with van der Waals surface area (Å²) in [6, 6.07) is 16.6. The van der Waals surface area contributed by atoms with Gasteiger partial charge in [0.25, 0.3) is 5.91 Å². The third kappa shape index (κ3) is 6.92. The van der Waals surface area contributed by atoms with Crippen LogP contribution in [-0.2, 0) is 23.1 Å². The van der Waals surface area contributed by atoms with E-state index in [1.165, 1.54) is 7.11 Å². The smallest absolute Gasteiger partial charge is 0.407 e. The van der Waals surface area contributed by atoms with Crippen molar-refractivity contribution in [3.63, 3.8) is 0 Å². The number of aryl methyl sites for hydroxylation is 2. The normalized spacial score (nSPS) is 12.1. The molecule has 0 bridgehead atoms. The number of hydrogen-bond acceptors (Lipinski definition) is 6. The molecule has 9 heteroatoms. The fraction of sp³-hybridized carbons (Fsp3) is 0.312. The minimum absolute atomic E-state index is 0.230. The standard InChI is InChI=1S/C32H36N4O5/c1-19-12-13-21(17-33-31(39)41-32(3,4)5)14-24(19)29(37)34-20(2)25-16-27(35-26-11-9-8-10-23(25)26)28-15-22(18-36(28)6)30(38)40-7/h8-16,18,20H,17H2,1-7H3,(H,33,39)(H,34,37)/t20-/m1/s1. The number of nitrogens with one attached hydrogen (secondary N) is 2. The van der Waals surface area contributed by atoms with Gasteiger partial charge < -0.3 is 24.7 Å². The molecule has 0 unspecified atom stereocenters. The van der Waals surface area contributed by atoms with E-state index in [4.69, 9.17) is 14.5 Å². The van der Waals surface area contributed by atoms with Gasteiger partial charge in [0.1, 0.15) is 5.60 Å². The Balaban J connectivity index is 1.60. The first-order chi connectivity index (χ1) is 19.4. The van der Waals surface area contributed by atoms with Gasteiger partial charge in [-0.25, -0.2) is 14.6 Å². The topological polar surface area (TPSA) is 112 Å². The highest BCUT2D eigenvalue weighted by Gasteiger charge is 2.20. The van der Waals surface area contributed by atoms with Crippen LogP contribution >= 0.6 is 0 Å². The van der Waals surface area contributed by atoms with Crippen LogP contribution in [0.5, 0.6) is 0 Å². The number of methoxy groups -OCH3 is 1. The number of nitrogens with zero attached hydrogens (tertiary/aromatic N) is 2. The quantitative estimate of drug-likeness (QED) is 0.276. The van der Waals surface area contributed by atoms with E-state index < -0.39 is 17.7 Å². The number of carbonyl (C=O) groups is 3. The lowest BCUT2D eigenvalue weighted by molar-refractivity contribution is 0.0522. The van der Waals surface area contributed by atoms with E-state index in [1.54, 1.807) is 39.1 Å². The molecule has 2 aromatic carbocycles. The second kappa shape index (κ2) is 11.8. The molecule has 2 heterocycles. The number of benzene rings is 2. The van der Waals surface area contributed by atoms with Crippen molar-refractivity contribution in [1.29, 1.82) is 0 Å². The highest BCUT2D eigenvalue weighted by molar-refractivity contribution is 5.97. The van der Waals surface area contributed by atoms with Crippen LogP contribution in [0.1, 0.15) is 71.1 Å². The maximum absolute atomic E-state index is 13.5. The highest BCUT2D eigenvalue weighted by atomic mass is 16.6. The molecule has 214 valence electrons. The number of hydrogen-bond donors (Lipinski definition) is 2. The van der Waals surface area contributed by atoms with Gasteiger partial charge in [-0.2, -0.15) is 0 Å². The van der Waals surface area contributed by atoms with E-state index in [2.05, 4.69) is 10.6 Å². The Morgan fingerprint density at radius 2 is 1.78 bits per heavy atom. The largest absolute Gasteiger partial charge is 0.465 e. The fourth-order valence-corrected chi connectivity index (χ4v) is 4.60. The summed E-state index contributed by atoms with van der Waals surface area (Å²) < 4.78 is 12.0. The molecule has 9 nitrogen and oxygen atoms in total. The molecule has 2 N–H and O–H groups in total. The molecule has 4 rings (SSSR count). The van der Waals surface area contributed by atoms with E-state index in [-0.39, 0.29) is 18.5 Å². The van der Waals surface area contributed by atoms with Crippen LogP contribution in [0.3, 0.4) is 0 Å². The van der Waals surface area contributed by atoms with E-state index in [0.29, 0.717) is 16.8 Å². The molecule has 1 atom stereocenters. The molecule has 0 saturated carbocycles. The molecule has 2 amide bonds. The Hall–Kier alpha value is -4.66. The van der Waals surface area contributed by atoms with E-state index >= 15 is 0 Å². The Labute approximate surface area is 239 Å². The van der Waals surface area contributed by atoms with Gasteiger partial charge in [0, 0.05) is 30.7 Å². The lowest BCUT2D eigenvalue weighted by Gasteiger charge is -2.20. The molecule has 0 radical (unpaired) electrons. The molecule has 0 aliphatic carbocycles. The molecule has 0 aliphatic rings. The van der Waals surface area contributed by atoms with Crippen molar-refractivity contribution in [3.05, 3.63) is 88.6 Å². The summed E-state index contributed by atoms with van der Waals surface area (Å²) >= 11 is 0. The van der Waals surface area contributed by atoms with Gasteiger partial charge in [0.15, 0.2) is 0 Å². The summed E-state index contributed by atoms with van der Waals surface area (Å²) in [5.41, 5.74) is 5.02. The van der Waals surface area contributed by atoms with Gasteiger partial charge in [0.2, 0.25) is 0 Å². The molecule has 41 heavy (non-hydrogen) atoms. The maximum atomic E-state index is 13.5.